The van der Waals surface area contributed by atoms with E-state index in [4.69, 9.17) is 0 Å². The smallest absolute Gasteiger partial charge is 0.253 e. The number of fused-ring (bicyclic) bond motifs is 6. The van der Waals surface area contributed by atoms with Crippen molar-refractivity contribution in [1.29, 1.82) is 0 Å². The Hall–Kier alpha value is -3.55. The van der Waals surface area contributed by atoms with Gasteiger partial charge in [0.05, 0.1) is 0 Å². The molecule has 34 heavy (non-hydrogen) atoms. The number of rotatable bonds is 2. The zero-order chi connectivity index (χ0) is 23.0. The monoisotopic (exact) mass is 455 g/mol. The zero-order valence-corrected chi connectivity index (χ0v) is 18.7. The molecule has 2 amide bonds. The van der Waals surface area contributed by atoms with Crippen LogP contribution >= 0.6 is 0 Å². The van der Waals surface area contributed by atoms with Gasteiger partial charge < -0.3 is 9.80 Å². The fourth-order valence-corrected chi connectivity index (χ4v) is 6.95. The van der Waals surface area contributed by atoms with Crippen LogP contribution in [0.25, 0.3) is 11.0 Å². The van der Waals surface area contributed by atoms with Crippen molar-refractivity contribution in [3.05, 3.63) is 59.2 Å². The summed E-state index contributed by atoms with van der Waals surface area (Å²) in [6.45, 7) is 3.01. The number of ketones is 1. The Labute approximate surface area is 196 Å². The molecule has 0 bridgehead atoms. The van der Waals surface area contributed by atoms with Crippen LogP contribution in [-0.4, -0.2) is 69.0 Å². The van der Waals surface area contributed by atoms with E-state index in [-0.39, 0.29) is 23.5 Å². The molecule has 3 heterocycles. The lowest BCUT2D eigenvalue weighted by Gasteiger charge is -2.42. The van der Waals surface area contributed by atoms with E-state index in [1.807, 2.05) is 46.2 Å². The summed E-state index contributed by atoms with van der Waals surface area (Å²) in [5.41, 5.74) is 3.86. The summed E-state index contributed by atoms with van der Waals surface area (Å²) >= 11 is 0. The number of H-pyrrole nitrogens is 1. The predicted octanol–water partition coefficient (Wildman–Crippen LogP) is 2.18. The maximum Gasteiger partial charge on any atom is 0.253 e. The number of benzene rings is 2. The predicted molar refractivity (Wildman–Crippen MR) is 123 cm³/mol. The molecule has 8 nitrogen and oxygen atoms in total. The van der Waals surface area contributed by atoms with Crippen LogP contribution in [0.4, 0.5) is 0 Å². The molecule has 172 valence electrons. The third kappa shape index (κ3) is 2.87. The van der Waals surface area contributed by atoms with E-state index in [1.54, 1.807) is 6.07 Å². The highest BCUT2D eigenvalue weighted by Crippen LogP contribution is 2.54. The molecule has 7 rings (SSSR count). The summed E-state index contributed by atoms with van der Waals surface area (Å²) in [4.78, 5) is 43.0. The Balaban J connectivity index is 1.01. The first-order chi connectivity index (χ1) is 16.6. The highest BCUT2D eigenvalue weighted by Gasteiger charge is 2.59. The summed E-state index contributed by atoms with van der Waals surface area (Å²) in [5, 5.41) is 10.7. The van der Waals surface area contributed by atoms with Crippen molar-refractivity contribution < 1.29 is 14.4 Å². The largest absolute Gasteiger partial charge is 0.342 e. The fraction of sp³-hybridized carbons (Fsp3) is 0.423. The van der Waals surface area contributed by atoms with E-state index in [9.17, 15) is 14.4 Å². The Morgan fingerprint density at radius 3 is 2.26 bits per heavy atom. The lowest BCUT2D eigenvalue weighted by atomic mass is 9.60. The molecule has 2 saturated heterocycles. The number of aromatic amines is 1. The molecule has 4 aliphatic rings. The molecule has 0 radical (unpaired) electrons. The number of hydrogen-bond donors (Lipinski definition) is 1. The molecular formula is C26H25N5O3. The van der Waals surface area contributed by atoms with Crippen LogP contribution in [0.1, 0.15) is 32.7 Å². The van der Waals surface area contributed by atoms with E-state index in [0.29, 0.717) is 47.6 Å². The molecule has 1 saturated carbocycles. The van der Waals surface area contributed by atoms with Crippen molar-refractivity contribution in [2.75, 3.05) is 26.2 Å². The summed E-state index contributed by atoms with van der Waals surface area (Å²) < 4.78 is 0. The second-order valence-electron chi connectivity index (χ2n) is 10.3. The maximum atomic E-state index is 13.3. The van der Waals surface area contributed by atoms with Crippen LogP contribution in [0.2, 0.25) is 0 Å². The third-order valence-corrected chi connectivity index (χ3v) is 8.65. The normalized spacial score (nSPS) is 29.5. The van der Waals surface area contributed by atoms with Gasteiger partial charge in [-0.1, -0.05) is 24.3 Å². The molecule has 3 aromatic rings. The molecule has 3 fully saturated rings. The number of likely N-dealkylation sites (tertiary alicyclic amines) is 2. The first-order valence-corrected chi connectivity index (χ1v) is 12.1. The van der Waals surface area contributed by atoms with Gasteiger partial charge in [0.2, 0.25) is 5.91 Å². The van der Waals surface area contributed by atoms with Crippen LogP contribution in [0.5, 0.6) is 0 Å². The van der Waals surface area contributed by atoms with E-state index in [1.165, 1.54) is 0 Å². The molecular weight excluding hydrogens is 430 g/mol. The van der Waals surface area contributed by atoms with Gasteiger partial charge in [0.1, 0.15) is 11.0 Å². The van der Waals surface area contributed by atoms with Gasteiger partial charge in [-0.2, -0.15) is 15.4 Å². The highest BCUT2D eigenvalue weighted by molar-refractivity contribution is 6.01. The van der Waals surface area contributed by atoms with Crippen LogP contribution in [0.3, 0.4) is 0 Å². The van der Waals surface area contributed by atoms with Gasteiger partial charge >= 0.3 is 0 Å². The van der Waals surface area contributed by atoms with Gasteiger partial charge in [0, 0.05) is 49.6 Å². The Morgan fingerprint density at radius 1 is 0.824 bits per heavy atom. The number of carbonyl (C=O) groups excluding carboxylic acids is 3. The minimum atomic E-state index is -0.246. The van der Waals surface area contributed by atoms with Crippen LogP contribution < -0.4 is 0 Å². The van der Waals surface area contributed by atoms with Crippen LogP contribution in [-0.2, 0) is 11.2 Å². The van der Waals surface area contributed by atoms with E-state index in [2.05, 4.69) is 15.4 Å². The molecule has 0 spiro atoms. The van der Waals surface area contributed by atoms with E-state index < -0.39 is 0 Å². The lowest BCUT2D eigenvalue weighted by Crippen LogP contribution is -2.44. The van der Waals surface area contributed by atoms with Gasteiger partial charge in [-0.3, -0.25) is 14.4 Å². The lowest BCUT2D eigenvalue weighted by molar-refractivity contribution is -0.134. The van der Waals surface area contributed by atoms with Crippen molar-refractivity contribution in [2.24, 2.45) is 29.6 Å². The van der Waals surface area contributed by atoms with Gasteiger partial charge in [0.15, 0.2) is 5.78 Å². The second-order valence-corrected chi connectivity index (χ2v) is 10.3. The van der Waals surface area contributed by atoms with Crippen molar-refractivity contribution in [1.82, 2.24) is 25.2 Å². The molecule has 3 unspecified atom stereocenters. The molecule has 8 heteroatoms. The topological polar surface area (TPSA) is 99.3 Å². The van der Waals surface area contributed by atoms with Gasteiger partial charge in [-0.05, 0) is 53.9 Å². The first-order valence-electron chi connectivity index (χ1n) is 12.1. The van der Waals surface area contributed by atoms with E-state index in [0.717, 1.165) is 42.8 Å². The van der Waals surface area contributed by atoms with Crippen molar-refractivity contribution in [3.8, 4) is 0 Å². The Kier molecular flexibility index (Phi) is 4.22. The zero-order valence-electron chi connectivity index (χ0n) is 18.7. The van der Waals surface area contributed by atoms with Crippen molar-refractivity contribution in [2.45, 2.75) is 12.8 Å². The number of carbonyl (C=O) groups is 3. The molecule has 2 aliphatic heterocycles. The minimum Gasteiger partial charge on any atom is -0.342 e. The maximum absolute atomic E-state index is 13.3. The quantitative estimate of drug-likeness (QED) is 0.639. The molecule has 2 aromatic carbocycles. The SMILES string of the molecule is O=C1CC(C(=O)N2CC3C(C2)[C@@H]2CN(C(=O)c4ccc5n[nH]nc5c4)C[C@H]32)Cc2ccccc21. The van der Waals surface area contributed by atoms with Gasteiger partial charge in [0.25, 0.3) is 5.91 Å². The Morgan fingerprint density at radius 2 is 1.50 bits per heavy atom. The number of hydrogen-bond acceptors (Lipinski definition) is 5. The number of Topliss-reactive ketones (excluding diaryl/α,β-unsaturated/α-hetero) is 1. The van der Waals surface area contributed by atoms with Gasteiger partial charge in [-0.15, -0.1) is 0 Å². The van der Waals surface area contributed by atoms with Crippen molar-refractivity contribution in [3.63, 3.8) is 0 Å². The minimum absolute atomic E-state index is 0.0460. The molecule has 5 atom stereocenters. The number of nitrogens with zero attached hydrogens (tertiary/aromatic N) is 4. The average molecular weight is 456 g/mol. The third-order valence-electron chi connectivity index (χ3n) is 8.65. The summed E-state index contributed by atoms with van der Waals surface area (Å²) in [5.74, 6) is 1.83. The number of amides is 2. The van der Waals surface area contributed by atoms with Crippen LogP contribution in [0, 0.1) is 29.6 Å². The average Bonchev–Trinajstić information content (AvgIpc) is 3.57. The highest BCUT2D eigenvalue weighted by atomic mass is 16.2. The summed E-state index contributed by atoms with van der Waals surface area (Å²) in [6.07, 6.45) is 0.963. The van der Waals surface area contributed by atoms with Gasteiger partial charge in [-0.25, -0.2) is 0 Å². The number of aromatic nitrogens is 3. The molecule has 1 aromatic heterocycles. The summed E-state index contributed by atoms with van der Waals surface area (Å²) in [7, 11) is 0. The second kappa shape index (κ2) is 7.22. The first kappa shape index (κ1) is 19.9. The summed E-state index contributed by atoms with van der Waals surface area (Å²) in [6, 6.07) is 13.1. The van der Waals surface area contributed by atoms with Crippen molar-refractivity contribution >= 4 is 28.6 Å². The fourth-order valence-electron chi connectivity index (χ4n) is 6.95. The number of nitrogens with one attached hydrogen (secondary N) is 1. The van der Waals surface area contributed by atoms with E-state index >= 15 is 0 Å². The standard InChI is InChI=1S/C26H25N5O3/c32-24-9-16(7-14-3-1-2-4-17(14)24)26(34)31-12-20-18-10-30(11-19(18)21(20)13-31)25(33)15-5-6-22-23(8-15)28-29-27-22/h1-6,8,16,18-21H,7,9-13H2,(H,27,28,29)/t16?,18-,19+,20?,21?. The van der Waals surface area contributed by atoms with Crippen LogP contribution in [0.15, 0.2) is 42.5 Å². The Bertz CT molecular complexity index is 1330. The molecule has 2 aliphatic carbocycles. The molecule has 1 N–H and O–H groups in total.